The van der Waals surface area contributed by atoms with Gasteiger partial charge in [-0.05, 0) is 24.3 Å². The van der Waals surface area contributed by atoms with Crippen molar-refractivity contribution < 1.29 is 9.53 Å². The van der Waals surface area contributed by atoms with Gasteiger partial charge in [-0.2, -0.15) is 0 Å². The highest BCUT2D eigenvalue weighted by molar-refractivity contribution is 5.78. The molecule has 2 aromatic heterocycles. The number of hydrogen-bond acceptors (Lipinski definition) is 4. The minimum Gasteiger partial charge on any atom is -0.437 e. The molecular weight excluding hydrogens is 192 g/mol. The first-order valence-electron chi connectivity index (χ1n) is 4.38. The highest BCUT2D eigenvalue weighted by Gasteiger charge is 2.04. The largest absolute Gasteiger partial charge is 0.437 e. The van der Waals surface area contributed by atoms with E-state index in [2.05, 4.69) is 9.97 Å². The molecule has 74 valence electrons. The zero-order chi connectivity index (χ0) is 10.5. The molecule has 0 saturated heterocycles. The first-order chi connectivity index (χ1) is 7.40. The predicted octanol–water partition coefficient (Wildman–Crippen LogP) is 2.08. The maximum Gasteiger partial charge on any atom is 0.229 e. The van der Waals surface area contributed by atoms with Gasteiger partial charge in [0.05, 0.1) is 11.8 Å². The third kappa shape index (κ3) is 2.17. The molecule has 0 spiro atoms. The van der Waals surface area contributed by atoms with Crippen LogP contribution in [0.1, 0.15) is 10.4 Å². The van der Waals surface area contributed by atoms with Gasteiger partial charge in [0, 0.05) is 12.4 Å². The maximum atomic E-state index is 10.7. The van der Waals surface area contributed by atoms with Gasteiger partial charge in [0.2, 0.25) is 5.88 Å². The van der Waals surface area contributed by atoms with Gasteiger partial charge in [0.15, 0.2) is 6.29 Å². The molecular formula is C11H8N2O2. The van der Waals surface area contributed by atoms with Gasteiger partial charge >= 0.3 is 0 Å². The highest BCUT2D eigenvalue weighted by atomic mass is 16.5. The summed E-state index contributed by atoms with van der Waals surface area (Å²) in [7, 11) is 0. The molecule has 0 bridgehead atoms. The van der Waals surface area contributed by atoms with Gasteiger partial charge in [0.1, 0.15) is 5.75 Å². The first-order valence-corrected chi connectivity index (χ1v) is 4.38. The Morgan fingerprint density at radius 2 is 2.07 bits per heavy atom. The maximum absolute atomic E-state index is 10.7. The second-order valence-corrected chi connectivity index (χ2v) is 2.81. The second-order valence-electron chi connectivity index (χ2n) is 2.81. The molecule has 0 amide bonds. The van der Waals surface area contributed by atoms with Crippen molar-refractivity contribution >= 4 is 6.29 Å². The van der Waals surface area contributed by atoms with Crippen LogP contribution in [0.4, 0.5) is 0 Å². The summed E-state index contributed by atoms with van der Waals surface area (Å²) in [5.41, 5.74) is 0.418. The molecule has 0 aliphatic carbocycles. The summed E-state index contributed by atoms with van der Waals surface area (Å²) in [5.74, 6) is 0.847. The van der Waals surface area contributed by atoms with Crippen molar-refractivity contribution in [2.24, 2.45) is 0 Å². The summed E-state index contributed by atoms with van der Waals surface area (Å²) in [6, 6.07) is 6.82. The normalized spacial score (nSPS) is 9.60. The number of rotatable bonds is 3. The average Bonchev–Trinajstić information content (AvgIpc) is 2.31. The van der Waals surface area contributed by atoms with Crippen molar-refractivity contribution in [3.63, 3.8) is 0 Å². The van der Waals surface area contributed by atoms with Gasteiger partial charge in [-0.15, -0.1) is 0 Å². The molecule has 0 unspecified atom stereocenters. The lowest BCUT2D eigenvalue weighted by atomic mass is 10.3. The van der Waals surface area contributed by atoms with Gasteiger partial charge in [-0.1, -0.05) is 0 Å². The number of ether oxygens (including phenoxy) is 1. The first kappa shape index (κ1) is 9.33. The monoisotopic (exact) mass is 200 g/mol. The summed E-state index contributed by atoms with van der Waals surface area (Å²) in [6.07, 6.45) is 5.48. The van der Waals surface area contributed by atoms with Crippen LogP contribution in [-0.4, -0.2) is 16.3 Å². The van der Waals surface area contributed by atoms with E-state index in [9.17, 15) is 4.79 Å². The fourth-order valence-electron chi connectivity index (χ4n) is 1.10. The van der Waals surface area contributed by atoms with Crippen molar-refractivity contribution in [2.75, 3.05) is 0 Å². The van der Waals surface area contributed by atoms with Crippen molar-refractivity contribution in [1.82, 2.24) is 9.97 Å². The Hall–Kier alpha value is -2.23. The minimum atomic E-state index is 0.292. The van der Waals surface area contributed by atoms with Crippen LogP contribution in [0.15, 0.2) is 42.9 Å². The lowest BCUT2D eigenvalue weighted by Gasteiger charge is -2.04. The number of carbonyl (C=O) groups excluding carboxylic acids is 1. The molecule has 4 nitrogen and oxygen atoms in total. The molecule has 0 radical (unpaired) electrons. The average molecular weight is 200 g/mol. The minimum absolute atomic E-state index is 0.292. The smallest absolute Gasteiger partial charge is 0.229 e. The van der Waals surface area contributed by atoms with Gasteiger partial charge < -0.3 is 4.74 Å². The van der Waals surface area contributed by atoms with E-state index in [1.165, 1.54) is 0 Å². The molecule has 0 aliphatic rings. The van der Waals surface area contributed by atoms with Gasteiger partial charge in [-0.25, -0.2) is 4.98 Å². The van der Waals surface area contributed by atoms with E-state index >= 15 is 0 Å². The summed E-state index contributed by atoms with van der Waals surface area (Å²) in [5, 5.41) is 0. The molecule has 0 aliphatic heterocycles. The Morgan fingerprint density at radius 3 is 2.80 bits per heavy atom. The van der Waals surface area contributed by atoms with Crippen LogP contribution in [0.5, 0.6) is 11.6 Å². The van der Waals surface area contributed by atoms with Crippen LogP contribution in [0.2, 0.25) is 0 Å². The Morgan fingerprint density at radius 1 is 1.20 bits per heavy atom. The Labute approximate surface area is 86.6 Å². The Balaban J connectivity index is 2.28. The number of nitrogens with zero attached hydrogens (tertiary/aromatic N) is 2. The number of carbonyl (C=O) groups is 1. The number of aromatic nitrogens is 2. The molecule has 2 aromatic rings. The van der Waals surface area contributed by atoms with E-state index in [1.807, 2.05) is 0 Å². The number of pyridine rings is 2. The van der Waals surface area contributed by atoms with Crippen molar-refractivity contribution in [3.8, 4) is 11.6 Å². The molecule has 0 atom stereocenters. The van der Waals surface area contributed by atoms with Crippen LogP contribution >= 0.6 is 0 Å². The molecule has 2 heterocycles. The SMILES string of the molecule is O=Cc1cccnc1Oc1cccnc1. The van der Waals surface area contributed by atoms with Crippen LogP contribution in [0, 0.1) is 0 Å². The van der Waals surface area contributed by atoms with E-state index in [-0.39, 0.29) is 0 Å². The predicted molar refractivity (Wildman–Crippen MR) is 53.9 cm³/mol. The summed E-state index contributed by atoms with van der Waals surface area (Å²) >= 11 is 0. The van der Waals surface area contributed by atoms with Gasteiger partial charge in [-0.3, -0.25) is 9.78 Å². The number of aldehydes is 1. The van der Waals surface area contributed by atoms with E-state index in [1.54, 1.807) is 42.9 Å². The van der Waals surface area contributed by atoms with Crippen LogP contribution in [0.25, 0.3) is 0 Å². The number of hydrogen-bond donors (Lipinski definition) is 0. The fourth-order valence-corrected chi connectivity index (χ4v) is 1.10. The second kappa shape index (κ2) is 4.32. The zero-order valence-corrected chi connectivity index (χ0v) is 7.83. The summed E-state index contributed by atoms with van der Waals surface area (Å²) < 4.78 is 5.40. The highest BCUT2D eigenvalue weighted by Crippen LogP contribution is 2.20. The van der Waals surface area contributed by atoms with Gasteiger partial charge in [0.25, 0.3) is 0 Å². The third-order valence-electron chi connectivity index (χ3n) is 1.78. The lowest BCUT2D eigenvalue weighted by Crippen LogP contribution is -1.93. The molecule has 4 heteroatoms. The standard InChI is InChI=1S/C11H8N2O2/c14-8-9-3-1-6-13-11(9)15-10-4-2-5-12-7-10/h1-8H. The molecule has 0 fully saturated rings. The Bertz CT molecular complexity index is 457. The summed E-state index contributed by atoms with van der Waals surface area (Å²) in [6.45, 7) is 0. The van der Waals surface area contributed by atoms with Crippen LogP contribution in [-0.2, 0) is 0 Å². The van der Waals surface area contributed by atoms with Crippen molar-refractivity contribution in [3.05, 3.63) is 48.4 Å². The van der Waals surface area contributed by atoms with Crippen LogP contribution in [0.3, 0.4) is 0 Å². The fraction of sp³-hybridized carbons (Fsp3) is 0. The third-order valence-corrected chi connectivity index (χ3v) is 1.78. The quantitative estimate of drug-likeness (QED) is 0.712. The molecule has 0 aromatic carbocycles. The van der Waals surface area contributed by atoms with E-state index < -0.39 is 0 Å². The van der Waals surface area contributed by atoms with Crippen molar-refractivity contribution in [1.29, 1.82) is 0 Å². The lowest BCUT2D eigenvalue weighted by molar-refractivity contribution is 0.112. The van der Waals surface area contributed by atoms with E-state index in [4.69, 9.17) is 4.74 Å². The van der Waals surface area contributed by atoms with E-state index in [0.29, 0.717) is 23.5 Å². The zero-order valence-electron chi connectivity index (χ0n) is 7.83. The van der Waals surface area contributed by atoms with E-state index in [0.717, 1.165) is 0 Å². The molecule has 0 N–H and O–H groups in total. The molecule has 15 heavy (non-hydrogen) atoms. The molecule has 0 saturated carbocycles. The summed E-state index contributed by atoms with van der Waals surface area (Å²) in [4.78, 5) is 18.5. The molecule has 2 rings (SSSR count). The topological polar surface area (TPSA) is 52.1 Å². The Kier molecular flexibility index (Phi) is 2.69. The van der Waals surface area contributed by atoms with Crippen molar-refractivity contribution in [2.45, 2.75) is 0 Å². The van der Waals surface area contributed by atoms with Crippen LogP contribution < -0.4 is 4.74 Å².